The predicted octanol–water partition coefficient (Wildman–Crippen LogP) is 11.6. The number of rotatable bonds is 0. The zero-order valence-corrected chi connectivity index (χ0v) is 28.3. The highest BCUT2D eigenvalue weighted by atomic mass is 35.5. The van der Waals surface area contributed by atoms with Crippen LogP contribution in [0, 0.1) is 54.3 Å². The number of hydrogen-bond donors (Lipinski definition) is 0. The molecule has 0 fully saturated rings. The highest BCUT2D eigenvalue weighted by molar-refractivity contribution is 6.30. The van der Waals surface area contributed by atoms with E-state index in [1.165, 1.54) is 23.3 Å². The molecular formula is C37H43Cl2FN2O2. The van der Waals surface area contributed by atoms with Gasteiger partial charge in [-0.05, 0) is 115 Å². The molecule has 0 bridgehead atoms. The van der Waals surface area contributed by atoms with Crippen LogP contribution in [0.2, 0.25) is 10.2 Å². The van der Waals surface area contributed by atoms with Crippen LogP contribution < -0.4 is 0 Å². The second-order valence-electron chi connectivity index (χ2n) is 9.88. The first kappa shape index (κ1) is 38.0. The molecule has 3 aromatic carbocycles. The highest BCUT2D eigenvalue weighted by Gasteiger charge is 1.88. The van der Waals surface area contributed by atoms with Crippen molar-refractivity contribution in [3.8, 4) is 0 Å². The molecule has 3 heterocycles. The lowest BCUT2D eigenvalue weighted by molar-refractivity contribution is 0.504. The van der Waals surface area contributed by atoms with Crippen molar-refractivity contribution in [1.82, 2.24) is 9.78 Å². The van der Waals surface area contributed by atoms with Crippen molar-refractivity contribution >= 4 is 23.2 Å². The number of nitrogens with zero attached hydrogens (tertiary/aromatic N) is 2. The molecule has 0 N–H and O–H groups in total. The molecule has 0 radical (unpaired) electrons. The zero-order valence-electron chi connectivity index (χ0n) is 26.8. The standard InChI is InChI=1S/C7H7Cl.C7H7F.C7H8.C6H8O.C5H5ClO.C5H8N2/c2*1-6-2-4-7(8)5-3-6;1-7-5-3-2-4-6-7;1-5-3-4-6(2)7-5;1-4-2-3-5(6)7-4;1-5-3-4-7(2)6-5/h2*2-5H,1H3;2-6H,1H3;3-4H,1-2H3;2-3H,1H3;3-4H,1-2H3. The van der Waals surface area contributed by atoms with Gasteiger partial charge in [0.25, 0.3) is 0 Å². The van der Waals surface area contributed by atoms with E-state index in [2.05, 4.69) is 24.2 Å². The first-order chi connectivity index (χ1) is 20.8. The van der Waals surface area contributed by atoms with Crippen molar-refractivity contribution in [2.24, 2.45) is 7.05 Å². The van der Waals surface area contributed by atoms with Crippen molar-refractivity contribution in [1.29, 1.82) is 0 Å². The molecule has 0 aliphatic carbocycles. The van der Waals surface area contributed by atoms with Crippen LogP contribution in [0.15, 0.2) is 124 Å². The fourth-order valence-electron chi connectivity index (χ4n) is 3.09. The van der Waals surface area contributed by atoms with Crippen LogP contribution in [0.5, 0.6) is 0 Å². The van der Waals surface area contributed by atoms with Crippen molar-refractivity contribution in [3.05, 3.63) is 171 Å². The highest BCUT2D eigenvalue weighted by Crippen LogP contribution is 2.11. The third kappa shape index (κ3) is 20.0. The summed E-state index contributed by atoms with van der Waals surface area (Å²) in [6.45, 7) is 13.8. The molecule has 0 spiro atoms. The number of halogens is 3. The van der Waals surface area contributed by atoms with Crippen molar-refractivity contribution < 1.29 is 13.2 Å². The van der Waals surface area contributed by atoms with Gasteiger partial charge >= 0.3 is 0 Å². The van der Waals surface area contributed by atoms with Gasteiger partial charge in [-0.25, -0.2) is 4.39 Å². The fourth-order valence-corrected chi connectivity index (χ4v) is 3.40. The molecule has 0 amide bonds. The quantitative estimate of drug-likeness (QED) is 0.166. The van der Waals surface area contributed by atoms with Gasteiger partial charge in [-0.3, -0.25) is 4.68 Å². The summed E-state index contributed by atoms with van der Waals surface area (Å²) in [6.07, 6.45) is 1.93. The molecular weight excluding hydrogens is 594 g/mol. The SMILES string of the molecule is Cc1ccc(C)o1.Cc1ccc(Cl)cc1.Cc1ccc(Cl)o1.Cc1ccc(F)cc1.Cc1ccccc1.Cc1ccn(C)n1. The fraction of sp³-hybridized carbons (Fsp3) is 0.216. The number of furan rings is 2. The molecule has 0 saturated heterocycles. The van der Waals surface area contributed by atoms with Gasteiger partial charge < -0.3 is 8.83 Å². The lowest BCUT2D eigenvalue weighted by atomic mass is 10.2. The Morgan fingerprint density at radius 3 is 1.23 bits per heavy atom. The third-order valence-electron chi connectivity index (χ3n) is 5.39. The average Bonchev–Trinajstić information content (AvgIpc) is 3.69. The zero-order chi connectivity index (χ0) is 32.9. The largest absolute Gasteiger partial charge is 0.467 e. The Kier molecular flexibility index (Phi) is 18.6. The summed E-state index contributed by atoms with van der Waals surface area (Å²) >= 11 is 11.0. The van der Waals surface area contributed by atoms with E-state index in [-0.39, 0.29) is 5.82 Å². The van der Waals surface area contributed by atoms with Gasteiger partial charge in [-0.15, -0.1) is 0 Å². The van der Waals surface area contributed by atoms with E-state index in [4.69, 9.17) is 32.0 Å². The number of aromatic nitrogens is 2. The monoisotopic (exact) mass is 636 g/mol. The Labute approximate surface area is 272 Å². The van der Waals surface area contributed by atoms with E-state index < -0.39 is 0 Å². The van der Waals surface area contributed by atoms with Gasteiger partial charge in [0.2, 0.25) is 0 Å². The Hall–Kier alpha value is -4.06. The Morgan fingerprint density at radius 2 is 1.00 bits per heavy atom. The number of hydrogen-bond acceptors (Lipinski definition) is 3. The van der Waals surface area contributed by atoms with E-state index in [0.717, 1.165) is 33.6 Å². The van der Waals surface area contributed by atoms with Crippen LogP contribution in [0.1, 0.15) is 39.7 Å². The molecule has 3 aromatic heterocycles. The Bertz CT molecular complexity index is 1330. The van der Waals surface area contributed by atoms with Gasteiger partial charge in [0.1, 0.15) is 23.1 Å². The van der Waals surface area contributed by atoms with E-state index in [0.29, 0.717) is 5.22 Å². The molecule has 0 atom stereocenters. The summed E-state index contributed by atoms with van der Waals surface area (Å²) < 4.78 is 23.8. The maximum Gasteiger partial charge on any atom is 0.193 e. The van der Waals surface area contributed by atoms with Crippen LogP contribution in [0.4, 0.5) is 4.39 Å². The summed E-state index contributed by atoms with van der Waals surface area (Å²) in [4.78, 5) is 0. The van der Waals surface area contributed by atoms with Crippen LogP contribution in [0.3, 0.4) is 0 Å². The molecule has 0 aliphatic heterocycles. The molecule has 6 rings (SSSR count). The van der Waals surface area contributed by atoms with Crippen molar-refractivity contribution in [2.75, 3.05) is 0 Å². The Balaban J connectivity index is 0.000000264. The van der Waals surface area contributed by atoms with Crippen LogP contribution >= 0.6 is 23.2 Å². The minimum Gasteiger partial charge on any atom is -0.467 e. The minimum atomic E-state index is -0.171. The predicted molar refractivity (Wildman–Crippen MR) is 183 cm³/mol. The maximum absolute atomic E-state index is 12.1. The summed E-state index contributed by atoms with van der Waals surface area (Å²) in [7, 11) is 1.91. The summed E-state index contributed by atoms with van der Waals surface area (Å²) in [5.41, 5.74) is 4.73. The van der Waals surface area contributed by atoms with Crippen LogP contribution in [-0.4, -0.2) is 9.78 Å². The van der Waals surface area contributed by atoms with Gasteiger partial charge in [0.15, 0.2) is 5.22 Å². The van der Waals surface area contributed by atoms with Gasteiger partial charge in [-0.2, -0.15) is 5.10 Å². The topological polar surface area (TPSA) is 44.1 Å². The summed E-state index contributed by atoms with van der Waals surface area (Å²) in [6, 6.07) is 33.8. The van der Waals surface area contributed by atoms with E-state index >= 15 is 0 Å². The van der Waals surface area contributed by atoms with Crippen LogP contribution in [0.25, 0.3) is 0 Å². The van der Waals surface area contributed by atoms with Gasteiger partial charge in [-0.1, -0.05) is 82.9 Å². The van der Waals surface area contributed by atoms with Gasteiger partial charge in [0, 0.05) is 18.3 Å². The smallest absolute Gasteiger partial charge is 0.193 e. The summed E-state index contributed by atoms with van der Waals surface area (Å²) in [5, 5.41) is 5.29. The summed E-state index contributed by atoms with van der Waals surface area (Å²) in [5.74, 6) is 2.65. The molecule has 0 saturated carbocycles. The average molecular weight is 638 g/mol. The van der Waals surface area contributed by atoms with E-state index in [9.17, 15) is 4.39 Å². The molecule has 7 heteroatoms. The first-order valence-electron chi connectivity index (χ1n) is 14.0. The second kappa shape index (κ2) is 21.6. The van der Waals surface area contributed by atoms with E-state index in [1.54, 1.807) is 22.9 Å². The van der Waals surface area contributed by atoms with Crippen molar-refractivity contribution in [3.63, 3.8) is 0 Å². The van der Waals surface area contributed by atoms with Gasteiger partial charge in [0.05, 0.1) is 5.69 Å². The molecule has 4 nitrogen and oxygen atoms in total. The molecule has 6 aromatic rings. The lowest BCUT2D eigenvalue weighted by Crippen LogP contribution is -1.86. The second-order valence-corrected chi connectivity index (χ2v) is 10.7. The Morgan fingerprint density at radius 1 is 0.545 bits per heavy atom. The lowest BCUT2D eigenvalue weighted by Gasteiger charge is -1.88. The molecule has 44 heavy (non-hydrogen) atoms. The number of benzene rings is 3. The molecule has 0 unspecified atom stereocenters. The molecule has 234 valence electrons. The van der Waals surface area contributed by atoms with Crippen molar-refractivity contribution in [2.45, 2.75) is 48.5 Å². The van der Waals surface area contributed by atoms with Crippen LogP contribution in [-0.2, 0) is 7.05 Å². The normalized spacial score (nSPS) is 9.25. The number of aryl methyl sites for hydroxylation is 8. The molecule has 0 aliphatic rings. The minimum absolute atomic E-state index is 0.171. The van der Waals surface area contributed by atoms with E-state index in [1.807, 2.05) is 122 Å². The maximum atomic E-state index is 12.1. The third-order valence-corrected chi connectivity index (χ3v) is 5.85. The first-order valence-corrected chi connectivity index (χ1v) is 14.8.